The quantitative estimate of drug-likeness (QED) is 0.525. The molecule has 0 unspecified atom stereocenters. The molecule has 3 aromatic carbocycles. The van der Waals surface area contributed by atoms with E-state index < -0.39 is 5.82 Å². The van der Waals surface area contributed by atoms with E-state index in [0.29, 0.717) is 17.2 Å². The number of carbonyl (C=O) groups excluding carboxylic acids is 1. The van der Waals surface area contributed by atoms with Crippen molar-refractivity contribution in [1.82, 2.24) is 4.98 Å². The molecule has 27 heavy (non-hydrogen) atoms. The van der Waals surface area contributed by atoms with Crippen molar-refractivity contribution in [3.05, 3.63) is 83.2 Å². The summed E-state index contributed by atoms with van der Waals surface area (Å²) in [7, 11) is 0. The highest BCUT2D eigenvalue weighted by molar-refractivity contribution is 6.04. The molecule has 1 aromatic heterocycles. The number of aryl methyl sites for hydroxylation is 2. The van der Waals surface area contributed by atoms with Gasteiger partial charge < -0.3 is 9.73 Å². The Morgan fingerprint density at radius 2 is 1.89 bits per heavy atom. The zero-order valence-corrected chi connectivity index (χ0v) is 14.9. The number of nitrogens with zero attached hydrogens (tertiary/aromatic N) is 1. The fraction of sp³-hybridized carbons (Fsp3) is 0.0909. The third-order valence-electron chi connectivity index (χ3n) is 4.36. The van der Waals surface area contributed by atoms with Gasteiger partial charge in [0.05, 0.1) is 0 Å². The molecule has 1 amide bonds. The van der Waals surface area contributed by atoms with E-state index in [0.717, 1.165) is 22.2 Å². The fourth-order valence-corrected chi connectivity index (χ4v) is 2.87. The zero-order chi connectivity index (χ0) is 19.0. The Hall–Kier alpha value is -3.47. The van der Waals surface area contributed by atoms with Crippen LogP contribution in [-0.4, -0.2) is 10.9 Å². The standard InChI is InChI=1S/C22H17FN2O2/c1-13-6-9-20-19(10-13)25-22(27-20)16-8-7-14(2)18(12-16)24-21(26)15-4-3-5-17(23)11-15/h3-12H,1-2H3,(H,24,26). The first kappa shape index (κ1) is 17.0. The van der Waals surface area contributed by atoms with Gasteiger partial charge in [-0.15, -0.1) is 0 Å². The van der Waals surface area contributed by atoms with E-state index in [-0.39, 0.29) is 11.5 Å². The van der Waals surface area contributed by atoms with E-state index >= 15 is 0 Å². The average molecular weight is 360 g/mol. The summed E-state index contributed by atoms with van der Waals surface area (Å²) < 4.78 is 19.2. The lowest BCUT2D eigenvalue weighted by Gasteiger charge is -2.10. The lowest BCUT2D eigenvalue weighted by atomic mass is 10.1. The van der Waals surface area contributed by atoms with Gasteiger partial charge in [0.25, 0.3) is 5.91 Å². The Bertz CT molecular complexity index is 1160. The molecule has 4 nitrogen and oxygen atoms in total. The van der Waals surface area contributed by atoms with Crippen molar-refractivity contribution in [2.75, 3.05) is 5.32 Å². The molecule has 0 bridgehead atoms. The second-order valence-electron chi connectivity index (χ2n) is 6.48. The molecule has 0 atom stereocenters. The van der Waals surface area contributed by atoms with Crippen molar-refractivity contribution in [3.63, 3.8) is 0 Å². The number of amides is 1. The number of aromatic nitrogens is 1. The molecule has 5 heteroatoms. The largest absolute Gasteiger partial charge is 0.436 e. The number of carbonyl (C=O) groups is 1. The highest BCUT2D eigenvalue weighted by Gasteiger charge is 2.13. The number of anilines is 1. The Kier molecular flexibility index (Phi) is 4.20. The molecule has 0 aliphatic heterocycles. The summed E-state index contributed by atoms with van der Waals surface area (Å²) in [6, 6.07) is 17.0. The summed E-state index contributed by atoms with van der Waals surface area (Å²) in [5.74, 6) is -0.338. The Balaban J connectivity index is 1.67. The average Bonchev–Trinajstić information content (AvgIpc) is 3.06. The van der Waals surface area contributed by atoms with Gasteiger partial charge in [-0.1, -0.05) is 18.2 Å². The first-order valence-corrected chi connectivity index (χ1v) is 8.55. The van der Waals surface area contributed by atoms with Gasteiger partial charge in [-0.05, 0) is 67.4 Å². The van der Waals surface area contributed by atoms with Gasteiger partial charge in [-0.2, -0.15) is 0 Å². The van der Waals surface area contributed by atoms with E-state index in [4.69, 9.17) is 4.42 Å². The van der Waals surface area contributed by atoms with E-state index in [2.05, 4.69) is 10.3 Å². The van der Waals surface area contributed by atoms with Crippen LogP contribution in [0.15, 0.2) is 65.1 Å². The SMILES string of the molecule is Cc1ccc2oc(-c3ccc(C)c(NC(=O)c4cccc(F)c4)c3)nc2c1. The maximum Gasteiger partial charge on any atom is 0.255 e. The van der Waals surface area contributed by atoms with Crippen LogP contribution in [0.1, 0.15) is 21.5 Å². The number of benzene rings is 3. The molecule has 0 radical (unpaired) electrons. The van der Waals surface area contributed by atoms with Gasteiger partial charge in [-0.25, -0.2) is 9.37 Å². The molecular weight excluding hydrogens is 343 g/mol. The van der Waals surface area contributed by atoms with Gasteiger partial charge in [0.2, 0.25) is 5.89 Å². The monoisotopic (exact) mass is 360 g/mol. The number of fused-ring (bicyclic) bond motifs is 1. The van der Waals surface area contributed by atoms with Crippen molar-refractivity contribution >= 4 is 22.7 Å². The van der Waals surface area contributed by atoms with Crippen molar-refractivity contribution in [3.8, 4) is 11.5 Å². The van der Waals surface area contributed by atoms with Gasteiger partial charge in [-0.3, -0.25) is 4.79 Å². The number of rotatable bonds is 3. The van der Waals surface area contributed by atoms with Gasteiger partial charge in [0, 0.05) is 16.8 Å². The van der Waals surface area contributed by atoms with Crippen LogP contribution in [0.4, 0.5) is 10.1 Å². The van der Waals surface area contributed by atoms with Crippen LogP contribution >= 0.6 is 0 Å². The number of nitrogens with one attached hydrogen (secondary N) is 1. The predicted molar refractivity (Wildman–Crippen MR) is 103 cm³/mol. The first-order valence-electron chi connectivity index (χ1n) is 8.55. The summed E-state index contributed by atoms with van der Waals surface area (Å²) >= 11 is 0. The third kappa shape index (κ3) is 3.44. The van der Waals surface area contributed by atoms with Crippen LogP contribution in [-0.2, 0) is 0 Å². The molecule has 1 N–H and O–H groups in total. The molecule has 0 aliphatic rings. The minimum atomic E-state index is -0.449. The smallest absolute Gasteiger partial charge is 0.255 e. The molecule has 1 heterocycles. The van der Waals surface area contributed by atoms with Gasteiger partial charge in [0.15, 0.2) is 5.58 Å². The summed E-state index contributed by atoms with van der Waals surface area (Å²) in [5, 5.41) is 2.83. The van der Waals surface area contributed by atoms with Crippen LogP contribution < -0.4 is 5.32 Å². The molecule has 0 saturated carbocycles. The highest BCUT2D eigenvalue weighted by atomic mass is 19.1. The summed E-state index contributed by atoms with van der Waals surface area (Å²) in [5.41, 5.74) is 5.13. The first-order chi connectivity index (χ1) is 13.0. The minimum Gasteiger partial charge on any atom is -0.436 e. The second-order valence-corrected chi connectivity index (χ2v) is 6.48. The predicted octanol–water partition coefficient (Wildman–Crippen LogP) is 5.50. The molecule has 134 valence electrons. The lowest BCUT2D eigenvalue weighted by molar-refractivity contribution is 0.102. The van der Waals surface area contributed by atoms with Crippen molar-refractivity contribution in [2.24, 2.45) is 0 Å². The van der Waals surface area contributed by atoms with Crippen molar-refractivity contribution in [2.45, 2.75) is 13.8 Å². The number of oxazole rings is 1. The third-order valence-corrected chi connectivity index (χ3v) is 4.36. The summed E-state index contributed by atoms with van der Waals surface area (Å²) in [4.78, 5) is 17.0. The van der Waals surface area contributed by atoms with E-state index in [1.54, 1.807) is 6.07 Å². The normalized spacial score (nSPS) is 10.9. The van der Waals surface area contributed by atoms with E-state index in [9.17, 15) is 9.18 Å². The number of hydrogen-bond acceptors (Lipinski definition) is 3. The molecule has 0 spiro atoms. The van der Waals surface area contributed by atoms with Crippen LogP contribution in [0.2, 0.25) is 0 Å². The molecular formula is C22H17FN2O2. The molecule has 4 rings (SSSR count). The van der Waals surface area contributed by atoms with Crippen LogP contribution in [0.25, 0.3) is 22.6 Å². The Morgan fingerprint density at radius 1 is 1.04 bits per heavy atom. The molecule has 0 saturated heterocycles. The van der Waals surface area contributed by atoms with E-state index in [1.165, 1.54) is 18.2 Å². The Morgan fingerprint density at radius 3 is 2.70 bits per heavy atom. The molecule has 0 aliphatic carbocycles. The highest BCUT2D eigenvalue weighted by Crippen LogP contribution is 2.28. The minimum absolute atomic E-state index is 0.261. The van der Waals surface area contributed by atoms with E-state index in [1.807, 2.05) is 50.2 Å². The van der Waals surface area contributed by atoms with Gasteiger partial charge >= 0.3 is 0 Å². The Labute approximate surface area is 155 Å². The number of hydrogen-bond donors (Lipinski definition) is 1. The zero-order valence-electron chi connectivity index (χ0n) is 14.9. The van der Waals surface area contributed by atoms with Crippen molar-refractivity contribution < 1.29 is 13.6 Å². The lowest BCUT2D eigenvalue weighted by Crippen LogP contribution is -2.13. The molecule has 4 aromatic rings. The second kappa shape index (κ2) is 6.68. The number of halogens is 1. The van der Waals surface area contributed by atoms with Crippen LogP contribution in [0, 0.1) is 19.7 Å². The summed E-state index contributed by atoms with van der Waals surface area (Å²) in [6.45, 7) is 3.89. The topological polar surface area (TPSA) is 55.1 Å². The maximum atomic E-state index is 13.4. The van der Waals surface area contributed by atoms with Crippen LogP contribution in [0.3, 0.4) is 0 Å². The summed E-state index contributed by atoms with van der Waals surface area (Å²) in [6.07, 6.45) is 0. The van der Waals surface area contributed by atoms with Gasteiger partial charge in [0.1, 0.15) is 11.3 Å². The fourth-order valence-electron chi connectivity index (χ4n) is 2.87. The maximum absolute atomic E-state index is 13.4. The van der Waals surface area contributed by atoms with Crippen molar-refractivity contribution in [1.29, 1.82) is 0 Å². The van der Waals surface area contributed by atoms with Crippen LogP contribution in [0.5, 0.6) is 0 Å². The molecule has 0 fully saturated rings.